The number of hydrogen-bond acceptors (Lipinski definition) is 4. The summed E-state index contributed by atoms with van der Waals surface area (Å²) in [6.45, 7) is 6.28. The molecule has 0 bridgehead atoms. The van der Waals surface area contributed by atoms with Gasteiger partial charge in [-0.25, -0.2) is 0 Å². The number of nitrogens with zero attached hydrogens (tertiary/aromatic N) is 6. The Morgan fingerprint density at radius 3 is 2.74 bits per heavy atom. The van der Waals surface area contributed by atoms with Gasteiger partial charge in [-0.15, -0.1) is 0 Å². The number of halogens is 1. The van der Waals surface area contributed by atoms with Gasteiger partial charge in [0, 0.05) is 41.3 Å². The lowest BCUT2D eigenvalue weighted by Gasteiger charge is -2.06. The van der Waals surface area contributed by atoms with Crippen LogP contribution in [-0.2, 0) is 19.6 Å². The Morgan fingerprint density at radius 2 is 1.97 bits per heavy atom. The Hall–Kier alpha value is -3.17. The van der Waals surface area contributed by atoms with Crippen LogP contribution in [0.3, 0.4) is 0 Å². The summed E-state index contributed by atoms with van der Waals surface area (Å²) < 4.78 is 5.66. The van der Waals surface area contributed by atoms with Crippen LogP contribution in [-0.4, -0.2) is 34.5 Å². The molecule has 3 heterocycles. The van der Waals surface area contributed by atoms with E-state index >= 15 is 0 Å². The van der Waals surface area contributed by atoms with Crippen molar-refractivity contribution >= 4 is 40.4 Å². The van der Waals surface area contributed by atoms with Crippen molar-refractivity contribution in [3.8, 4) is 0 Å². The maximum Gasteiger partial charge on any atom is 0.176 e. The zero-order chi connectivity index (χ0) is 21.8. The lowest BCUT2D eigenvalue weighted by Crippen LogP contribution is -2.19. The van der Waals surface area contributed by atoms with Gasteiger partial charge in [-0.05, 0) is 43.8 Å². The van der Waals surface area contributed by atoms with Crippen LogP contribution in [0, 0.1) is 6.92 Å². The van der Waals surface area contributed by atoms with Crippen LogP contribution in [0.5, 0.6) is 0 Å². The maximum absolute atomic E-state index is 6.05. The van der Waals surface area contributed by atoms with Gasteiger partial charge in [-0.3, -0.25) is 14.0 Å². The Labute approximate surface area is 190 Å². The quantitative estimate of drug-likeness (QED) is 0.408. The second-order valence-electron chi connectivity index (χ2n) is 7.11. The molecular weight excluding hydrogens is 432 g/mol. The van der Waals surface area contributed by atoms with E-state index in [9.17, 15) is 0 Å². The molecule has 1 aromatic carbocycles. The number of anilines is 2. The van der Waals surface area contributed by atoms with Crippen molar-refractivity contribution in [1.29, 1.82) is 0 Å². The summed E-state index contributed by atoms with van der Waals surface area (Å²) >= 11 is 11.5. The first-order valence-electron chi connectivity index (χ1n) is 9.90. The molecule has 0 spiro atoms. The van der Waals surface area contributed by atoms with Crippen LogP contribution in [0.4, 0.5) is 11.5 Å². The predicted octanol–water partition coefficient (Wildman–Crippen LogP) is 4.16. The molecule has 4 rings (SSSR count). The van der Waals surface area contributed by atoms with E-state index < -0.39 is 0 Å². The number of aryl methyl sites for hydroxylation is 1. The Balaban J connectivity index is 1.32. The SMILES string of the molecule is CCn1ncc(Cn2cc(NC(=S)Nc3ccn(Cc4cccc(Cl)c4)n3)cn2)c1C. The number of thiocarbonyl (C=S) groups is 1. The smallest absolute Gasteiger partial charge is 0.176 e. The van der Waals surface area contributed by atoms with Gasteiger partial charge in [0.15, 0.2) is 10.9 Å². The molecule has 0 atom stereocenters. The number of nitrogens with one attached hydrogen (secondary N) is 2. The maximum atomic E-state index is 6.05. The van der Waals surface area contributed by atoms with Gasteiger partial charge in [0.25, 0.3) is 0 Å². The lowest BCUT2D eigenvalue weighted by atomic mass is 10.2. The molecule has 10 heteroatoms. The topological polar surface area (TPSA) is 77.5 Å². The summed E-state index contributed by atoms with van der Waals surface area (Å²) in [4.78, 5) is 0. The van der Waals surface area contributed by atoms with Crippen LogP contribution in [0.1, 0.15) is 23.7 Å². The van der Waals surface area contributed by atoms with E-state index in [1.54, 1.807) is 6.20 Å². The minimum Gasteiger partial charge on any atom is -0.330 e. The first-order valence-corrected chi connectivity index (χ1v) is 10.7. The van der Waals surface area contributed by atoms with Crippen LogP contribution >= 0.6 is 23.8 Å². The third-order valence-electron chi connectivity index (χ3n) is 4.84. The zero-order valence-corrected chi connectivity index (χ0v) is 18.9. The van der Waals surface area contributed by atoms with Crippen molar-refractivity contribution < 1.29 is 0 Å². The van der Waals surface area contributed by atoms with Crippen LogP contribution in [0.25, 0.3) is 0 Å². The highest BCUT2D eigenvalue weighted by molar-refractivity contribution is 7.80. The molecule has 0 aliphatic heterocycles. The first kappa shape index (κ1) is 21.1. The molecule has 0 unspecified atom stereocenters. The molecule has 160 valence electrons. The molecule has 2 N–H and O–H groups in total. The van der Waals surface area contributed by atoms with E-state index in [4.69, 9.17) is 23.8 Å². The van der Waals surface area contributed by atoms with Gasteiger partial charge in [-0.1, -0.05) is 23.7 Å². The van der Waals surface area contributed by atoms with Crippen molar-refractivity contribution in [3.63, 3.8) is 0 Å². The van der Waals surface area contributed by atoms with E-state index in [0.29, 0.717) is 29.0 Å². The normalized spacial score (nSPS) is 10.9. The third kappa shape index (κ3) is 5.31. The Bertz CT molecular complexity index is 1190. The first-order chi connectivity index (χ1) is 15.0. The van der Waals surface area contributed by atoms with Crippen molar-refractivity contribution in [2.75, 3.05) is 10.6 Å². The standard InChI is InChI=1S/C21H23ClN8S/c1-3-30-15(2)17(10-24-30)13-29-14-19(11-23-29)25-21(31)26-20-7-8-28(27-20)12-16-5-4-6-18(22)9-16/h4-11,14H,3,12-13H2,1-2H3,(H2,25,26,27,31). The average molecular weight is 455 g/mol. The van der Waals surface area contributed by atoms with Crippen molar-refractivity contribution in [1.82, 2.24) is 29.3 Å². The molecule has 0 amide bonds. The van der Waals surface area contributed by atoms with Gasteiger partial charge in [0.2, 0.25) is 0 Å². The fourth-order valence-corrected chi connectivity index (χ4v) is 3.70. The molecular formula is C21H23ClN8S. The van der Waals surface area contributed by atoms with Gasteiger partial charge >= 0.3 is 0 Å². The molecule has 0 fully saturated rings. The molecule has 0 aliphatic carbocycles. The van der Waals surface area contributed by atoms with E-state index in [2.05, 4.69) is 39.8 Å². The Kier molecular flexibility index (Phi) is 6.34. The number of rotatable bonds is 7. The average Bonchev–Trinajstić information content (AvgIpc) is 3.44. The van der Waals surface area contributed by atoms with Crippen molar-refractivity contribution in [3.05, 3.63) is 77.0 Å². The largest absolute Gasteiger partial charge is 0.330 e. The summed E-state index contributed by atoms with van der Waals surface area (Å²) in [6.07, 6.45) is 7.43. The zero-order valence-electron chi connectivity index (χ0n) is 17.3. The van der Waals surface area contributed by atoms with Crippen molar-refractivity contribution in [2.45, 2.75) is 33.5 Å². The molecule has 0 saturated carbocycles. The number of benzene rings is 1. The second-order valence-corrected chi connectivity index (χ2v) is 7.95. The van der Waals surface area contributed by atoms with E-state index in [1.807, 2.05) is 63.0 Å². The summed E-state index contributed by atoms with van der Waals surface area (Å²) in [6, 6.07) is 9.59. The van der Waals surface area contributed by atoms with Crippen molar-refractivity contribution in [2.24, 2.45) is 0 Å². The van der Waals surface area contributed by atoms with Gasteiger partial charge < -0.3 is 10.6 Å². The molecule has 8 nitrogen and oxygen atoms in total. The molecule has 3 aromatic heterocycles. The molecule has 0 saturated heterocycles. The van der Waals surface area contributed by atoms with Crippen LogP contribution in [0.15, 0.2) is 55.1 Å². The monoisotopic (exact) mass is 454 g/mol. The summed E-state index contributed by atoms with van der Waals surface area (Å²) in [7, 11) is 0. The van der Waals surface area contributed by atoms with Gasteiger partial charge in [-0.2, -0.15) is 15.3 Å². The van der Waals surface area contributed by atoms with Gasteiger partial charge in [0.05, 0.1) is 31.2 Å². The Morgan fingerprint density at radius 1 is 1.10 bits per heavy atom. The predicted molar refractivity (Wildman–Crippen MR) is 127 cm³/mol. The fraction of sp³-hybridized carbons (Fsp3) is 0.238. The second kappa shape index (κ2) is 9.32. The number of hydrogen-bond donors (Lipinski definition) is 2. The summed E-state index contributed by atoms with van der Waals surface area (Å²) in [5.41, 5.74) is 4.17. The highest BCUT2D eigenvalue weighted by Crippen LogP contribution is 2.14. The van der Waals surface area contributed by atoms with E-state index in [0.717, 1.165) is 29.1 Å². The van der Waals surface area contributed by atoms with E-state index in [1.165, 1.54) is 0 Å². The molecule has 31 heavy (non-hydrogen) atoms. The third-order valence-corrected chi connectivity index (χ3v) is 5.28. The van der Waals surface area contributed by atoms with Crippen LogP contribution < -0.4 is 10.6 Å². The lowest BCUT2D eigenvalue weighted by molar-refractivity contribution is 0.633. The molecule has 0 aliphatic rings. The highest BCUT2D eigenvalue weighted by atomic mass is 35.5. The van der Waals surface area contributed by atoms with E-state index in [-0.39, 0.29) is 0 Å². The molecule has 0 radical (unpaired) electrons. The fourth-order valence-electron chi connectivity index (χ4n) is 3.27. The minimum atomic E-state index is 0.447. The molecule has 4 aromatic rings. The number of aromatic nitrogens is 6. The van der Waals surface area contributed by atoms with Crippen LogP contribution in [0.2, 0.25) is 5.02 Å². The van der Waals surface area contributed by atoms with Gasteiger partial charge in [0.1, 0.15) is 0 Å². The summed E-state index contributed by atoms with van der Waals surface area (Å²) in [5.74, 6) is 0.662. The minimum absolute atomic E-state index is 0.447. The summed E-state index contributed by atoms with van der Waals surface area (Å²) in [5, 5.41) is 20.7. The highest BCUT2D eigenvalue weighted by Gasteiger charge is 2.08.